The molecule has 0 aliphatic carbocycles. The second-order valence-corrected chi connectivity index (χ2v) is 3.88. The Kier molecular flexibility index (Phi) is 3.78. The van der Waals surface area contributed by atoms with Crippen LogP contribution in [0.3, 0.4) is 0 Å². The lowest BCUT2D eigenvalue weighted by Gasteiger charge is -2.08. The summed E-state index contributed by atoms with van der Waals surface area (Å²) in [5, 5.41) is -0.461. The van der Waals surface area contributed by atoms with E-state index in [0.29, 0.717) is 12.2 Å². The summed E-state index contributed by atoms with van der Waals surface area (Å²) < 4.78 is 5.57. The van der Waals surface area contributed by atoms with Crippen molar-refractivity contribution in [2.75, 3.05) is 0 Å². The largest absolute Gasteiger partial charge is 0.489 e. The van der Waals surface area contributed by atoms with Crippen LogP contribution in [0.25, 0.3) is 0 Å². The minimum absolute atomic E-state index is 0.332. The number of carbonyl (C=O) groups is 1. The molecular weight excluding hydrogens is 236 g/mol. The van der Waals surface area contributed by atoms with Crippen LogP contribution in [0.4, 0.5) is 0 Å². The van der Waals surface area contributed by atoms with Crippen LogP contribution in [0, 0.1) is 0 Å². The van der Waals surface area contributed by atoms with Gasteiger partial charge < -0.3 is 4.74 Å². The van der Waals surface area contributed by atoms with Gasteiger partial charge in [-0.25, -0.2) is 0 Å². The first kappa shape index (κ1) is 11.7. The summed E-state index contributed by atoms with van der Waals surface area (Å²) in [4.78, 5) is 11.2. The first-order valence-corrected chi connectivity index (χ1v) is 5.61. The van der Waals surface area contributed by atoms with Crippen LogP contribution >= 0.6 is 11.6 Å². The number of para-hydroxylation sites is 1. The quantitative estimate of drug-likeness (QED) is 0.770. The Morgan fingerprint density at radius 1 is 1.00 bits per heavy atom. The summed E-state index contributed by atoms with van der Waals surface area (Å²) in [6.45, 7) is 0.332. The summed E-state index contributed by atoms with van der Waals surface area (Å²) in [6, 6.07) is 16.6. The molecule has 17 heavy (non-hydrogen) atoms. The third kappa shape index (κ3) is 3.08. The normalized spacial score (nSPS) is 9.94. The number of hydrogen-bond donors (Lipinski definition) is 0. The monoisotopic (exact) mass is 246 g/mol. The summed E-state index contributed by atoms with van der Waals surface area (Å²) in [7, 11) is 0. The van der Waals surface area contributed by atoms with E-state index in [2.05, 4.69) is 0 Å². The average Bonchev–Trinajstić information content (AvgIpc) is 2.38. The van der Waals surface area contributed by atoms with Crippen molar-refractivity contribution in [3.8, 4) is 5.75 Å². The van der Waals surface area contributed by atoms with Gasteiger partial charge in [-0.2, -0.15) is 0 Å². The van der Waals surface area contributed by atoms with Gasteiger partial charge in [0.1, 0.15) is 12.4 Å². The molecule has 0 spiro atoms. The third-order valence-corrected chi connectivity index (χ3v) is 2.57. The van der Waals surface area contributed by atoms with E-state index < -0.39 is 5.24 Å². The predicted molar refractivity (Wildman–Crippen MR) is 67.4 cm³/mol. The molecule has 0 fully saturated rings. The highest BCUT2D eigenvalue weighted by Gasteiger charge is 2.08. The molecule has 86 valence electrons. The Morgan fingerprint density at radius 2 is 1.65 bits per heavy atom. The van der Waals surface area contributed by atoms with E-state index in [-0.39, 0.29) is 0 Å². The van der Waals surface area contributed by atoms with E-state index in [1.54, 1.807) is 12.1 Å². The van der Waals surface area contributed by atoms with Crippen LogP contribution in [0.1, 0.15) is 15.9 Å². The minimum atomic E-state index is -0.461. The van der Waals surface area contributed by atoms with Crippen molar-refractivity contribution in [3.63, 3.8) is 0 Å². The number of benzene rings is 2. The number of rotatable bonds is 4. The van der Waals surface area contributed by atoms with Gasteiger partial charge >= 0.3 is 0 Å². The molecule has 2 rings (SSSR count). The molecule has 3 heteroatoms. The molecule has 0 aliphatic heterocycles. The molecule has 2 aromatic carbocycles. The standard InChI is InChI=1S/C14H11ClO2/c15-14(16)13-9-5-4-6-11(13)10-17-12-7-2-1-3-8-12/h1-9H,10H2. The molecule has 0 unspecified atom stereocenters. The van der Waals surface area contributed by atoms with Gasteiger partial charge in [0.05, 0.1) is 0 Å². The summed E-state index contributed by atoms with van der Waals surface area (Å²) >= 11 is 5.50. The molecule has 0 aromatic heterocycles. The lowest BCUT2D eigenvalue weighted by atomic mass is 10.1. The van der Waals surface area contributed by atoms with Gasteiger partial charge in [0, 0.05) is 11.1 Å². The molecule has 0 saturated carbocycles. The van der Waals surface area contributed by atoms with Gasteiger partial charge in [0.25, 0.3) is 5.24 Å². The summed E-state index contributed by atoms with van der Waals surface area (Å²) in [5.41, 5.74) is 1.28. The van der Waals surface area contributed by atoms with Crippen LogP contribution in [0.2, 0.25) is 0 Å². The zero-order valence-corrected chi connectivity index (χ0v) is 9.85. The number of hydrogen-bond acceptors (Lipinski definition) is 2. The SMILES string of the molecule is O=C(Cl)c1ccccc1COc1ccccc1. The zero-order valence-electron chi connectivity index (χ0n) is 9.10. The fraction of sp³-hybridized carbons (Fsp3) is 0.0714. The van der Waals surface area contributed by atoms with E-state index in [4.69, 9.17) is 16.3 Å². The Bertz CT molecular complexity index is 509. The van der Waals surface area contributed by atoms with Crippen LogP contribution < -0.4 is 4.74 Å². The molecule has 0 amide bonds. The molecule has 0 heterocycles. The van der Waals surface area contributed by atoms with Crippen molar-refractivity contribution in [1.82, 2.24) is 0 Å². The predicted octanol–water partition coefficient (Wildman–Crippen LogP) is 3.64. The van der Waals surface area contributed by atoms with Gasteiger partial charge in [0.15, 0.2) is 0 Å². The van der Waals surface area contributed by atoms with E-state index >= 15 is 0 Å². The third-order valence-electron chi connectivity index (χ3n) is 2.37. The molecule has 0 atom stereocenters. The second-order valence-electron chi connectivity index (χ2n) is 3.53. The van der Waals surface area contributed by atoms with E-state index in [1.165, 1.54) is 0 Å². The van der Waals surface area contributed by atoms with Crippen molar-refractivity contribution < 1.29 is 9.53 Å². The topological polar surface area (TPSA) is 26.3 Å². The highest BCUT2D eigenvalue weighted by molar-refractivity contribution is 6.67. The fourth-order valence-corrected chi connectivity index (χ4v) is 1.70. The van der Waals surface area contributed by atoms with Gasteiger partial charge in [-0.1, -0.05) is 36.4 Å². The molecular formula is C14H11ClO2. The van der Waals surface area contributed by atoms with Crippen molar-refractivity contribution in [1.29, 1.82) is 0 Å². The molecule has 0 aliphatic rings. The Labute approximate surface area is 105 Å². The highest BCUT2D eigenvalue weighted by Crippen LogP contribution is 2.15. The van der Waals surface area contributed by atoms with Crippen LogP contribution in [0.15, 0.2) is 54.6 Å². The van der Waals surface area contributed by atoms with Crippen molar-refractivity contribution in [2.45, 2.75) is 6.61 Å². The van der Waals surface area contributed by atoms with Gasteiger partial charge in [-0.15, -0.1) is 0 Å². The highest BCUT2D eigenvalue weighted by atomic mass is 35.5. The Balaban J connectivity index is 2.12. The Morgan fingerprint density at radius 3 is 2.35 bits per heavy atom. The van der Waals surface area contributed by atoms with E-state index in [1.807, 2.05) is 42.5 Å². The van der Waals surface area contributed by atoms with E-state index in [0.717, 1.165) is 11.3 Å². The first-order valence-electron chi connectivity index (χ1n) is 5.23. The van der Waals surface area contributed by atoms with Crippen LogP contribution in [-0.4, -0.2) is 5.24 Å². The van der Waals surface area contributed by atoms with Gasteiger partial charge in [0.2, 0.25) is 0 Å². The number of halogens is 1. The molecule has 0 saturated heterocycles. The van der Waals surface area contributed by atoms with Crippen molar-refractivity contribution >= 4 is 16.8 Å². The first-order chi connectivity index (χ1) is 8.27. The molecule has 0 N–H and O–H groups in total. The fourth-order valence-electron chi connectivity index (χ4n) is 1.52. The molecule has 2 aromatic rings. The maximum atomic E-state index is 11.2. The lowest BCUT2D eigenvalue weighted by molar-refractivity contribution is 0.107. The maximum Gasteiger partial charge on any atom is 0.252 e. The van der Waals surface area contributed by atoms with Crippen LogP contribution in [-0.2, 0) is 6.61 Å². The van der Waals surface area contributed by atoms with Crippen LogP contribution in [0.5, 0.6) is 5.75 Å². The second kappa shape index (κ2) is 5.51. The Hall–Kier alpha value is -1.80. The van der Waals surface area contributed by atoms with E-state index in [9.17, 15) is 4.79 Å². The zero-order chi connectivity index (χ0) is 12.1. The number of carbonyl (C=O) groups excluding carboxylic acids is 1. The van der Waals surface area contributed by atoms with Crippen molar-refractivity contribution in [2.24, 2.45) is 0 Å². The summed E-state index contributed by atoms with van der Waals surface area (Å²) in [5.74, 6) is 0.768. The molecule has 0 radical (unpaired) electrons. The smallest absolute Gasteiger partial charge is 0.252 e. The lowest BCUT2D eigenvalue weighted by Crippen LogP contribution is -2.02. The van der Waals surface area contributed by atoms with Crippen molar-refractivity contribution in [3.05, 3.63) is 65.7 Å². The number of ether oxygens (including phenoxy) is 1. The minimum Gasteiger partial charge on any atom is -0.489 e. The average molecular weight is 247 g/mol. The van der Waals surface area contributed by atoms with Gasteiger partial charge in [-0.3, -0.25) is 4.79 Å². The molecule has 0 bridgehead atoms. The molecule has 2 nitrogen and oxygen atoms in total. The maximum absolute atomic E-state index is 11.2. The van der Waals surface area contributed by atoms with Gasteiger partial charge in [-0.05, 0) is 29.8 Å². The summed E-state index contributed by atoms with van der Waals surface area (Å²) in [6.07, 6.45) is 0.